The fourth-order valence-electron chi connectivity index (χ4n) is 3.79. The lowest BCUT2D eigenvalue weighted by molar-refractivity contribution is -0.0223. The monoisotopic (exact) mass is 431 g/mol. The normalized spacial score (nSPS) is 23.4. The van der Waals surface area contributed by atoms with Crippen molar-refractivity contribution in [1.82, 2.24) is 0 Å². The third kappa shape index (κ3) is 5.37. The molecule has 0 N–H and O–H groups in total. The van der Waals surface area contributed by atoms with Crippen molar-refractivity contribution in [2.45, 2.75) is 92.0 Å². The minimum Gasteiger partial charge on any atom is -0.490 e. The summed E-state index contributed by atoms with van der Waals surface area (Å²) >= 11 is 0. The van der Waals surface area contributed by atoms with Crippen molar-refractivity contribution in [1.29, 1.82) is 0 Å². The molecule has 0 aromatic heterocycles. The van der Waals surface area contributed by atoms with Gasteiger partial charge < -0.3 is 18.8 Å². The van der Waals surface area contributed by atoms with Crippen LogP contribution in [0.4, 0.5) is 10.5 Å². The van der Waals surface area contributed by atoms with Crippen LogP contribution in [0.15, 0.2) is 18.2 Å². The molecule has 0 aliphatic carbocycles. The van der Waals surface area contributed by atoms with Crippen LogP contribution in [0.1, 0.15) is 75.2 Å². The number of nitrogens with zero attached hydrogens (tertiary/aromatic N) is 1. The summed E-state index contributed by atoms with van der Waals surface area (Å²) in [6.45, 7) is 19.5. The highest BCUT2D eigenvalue weighted by Crippen LogP contribution is 2.43. The molecule has 1 amide bonds. The molecule has 1 fully saturated rings. The van der Waals surface area contributed by atoms with Gasteiger partial charge in [0, 0.05) is 0 Å². The Morgan fingerprint density at radius 2 is 1.81 bits per heavy atom. The Morgan fingerprint density at radius 1 is 1.13 bits per heavy atom. The van der Waals surface area contributed by atoms with E-state index in [1.807, 2.05) is 39.0 Å². The third-order valence-electron chi connectivity index (χ3n) is 6.13. The van der Waals surface area contributed by atoms with Crippen LogP contribution in [-0.2, 0) is 14.0 Å². The first kappa shape index (κ1) is 23.9. The van der Waals surface area contributed by atoms with E-state index in [2.05, 4.69) is 41.5 Å². The zero-order chi connectivity index (χ0) is 23.2. The van der Waals surface area contributed by atoms with Crippen molar-refractivity contribution in [3.63, 3.8) is 0 Å². The van der Waals surface area contributed by atoms with Gasteiger partial charge in [0.05, 0.1) is 23.4 Å². The molecule has 1 saturated heterocycles. The lowest BCUT2D eigenvalue weighted by atomic mass is 9.78. The van der Waals surface area contributed by atoms with E-state index in [0.29, 0.717) is 24.6 Å². The van der Waals surface area contributed by atoms with E-state index in [9.17, 15) is 4.79 Å². The van der Waals surface area contributed by atoms with Crippen molar-refractivity contribution in [2.24, 2.45) is 5.41 Å². The number of rotatable bonds is 3. The zero-order valence-corrected chi connectivity index (χ0v) is 20.6. The molecule has 2 aliphatic heterocycles. The van der Waals surface area contributed by atoms with Gasteiger partial charge in [-0.05, 0) is 77.4 Å². The lowest BCUT2D eigenvalue weighted by Crippen LogP contribution is -2.45. The van der Waals surface area contributed by atoms with E-state index >= 15 is 0 Å². The molecule has 0 spiro atoms. The topological polar surface area (TPSA) is 57.2 Å². The molecule has 0 saturated carbocycles. The number of anilines is 1. The van der Waals surface area contributed by atoms with Gasteiger partial charge in [0.1, 0.15) is 18.0 Å². The molecule has 2 heterocycles. The van der Waals surface area contributed by atoms with Gasteiger partial charge in [0.2, 0.25) is 0 Å². The molecule has 1 aromatic rings. The number of benzene rings is 1. The number of hydrogen-bond acceptors (Lipinski definition) is 5. The first-order chi connectivity index (χ1) is 14.1. The standard InChI is InChI=1S/C24H38BNO5/c1-21(2,3)12-13-24(9)23(7,8)30-25(31-24)17-10-11-19-18(16-17)26(14-15-28-19)20(27)29-22(4,5)6/h10-11,16H,12-15H2,1-9H3. The Labute approximate surface area is 187 Å². The second-order valence-electron chi connectivity index (χ2n) is 11.6. The molecule has 1 unspecified atom stereocenters. The van der Waals surface area contributed by atoms with Crippen molar-refractivity contribution in [3.8, 4) is 5.75 Å². The largest absolute Gasteiger partial charge is 0.494 e. The third-order valence-corrected chi connectivity index (χ3v) is 6.13. The molecule has 2 aliphatic rings. The first-order valence-corrected chi connectivity index (χ1v) is 11.2. The maximum atomic E-state index is 12.8. The van der Waals surface area contributed by atoms with Crippen molar-refractivity contribution >= 4 is 24.4 Å². The number of ether oxygens (including phenoxy) is 2. The highest BCUT2D eigenvalue weighted by Gasteiger charge is 2.54. The van der Waals surface area contributed by atoms with Crippen LogP contribution >= 0.6 is 0 Å². The summed E-state index contributed by atoms with van der Waals surface area (Å²) in [5, 5.41) is 0. The maximum absolute atomic E-state index is 12.8. The van der Waals surface area contributed by atoms with E-state index in [1.54, 1.807) is 4.90 Å². The van der Waals surface area contributed by atoms with Gasteiger partial charge in [-0.3, -0.25) is 4.90 Å². The van der Waals surface area contributed by atoms with Gasteiger partial charge in [0.15, 0.2) is 0 Å². The highest BCUT2D eigenvalue weighted by atomic mass is 16.7. The van der Waals surface area contributed by atoms with Crippen molar-refractivity contribution in [2.75, 3.05) is 18.1 Å². The van der Waals surface area contributed by atoms with Gasteiger partial charge in [0.25, 0.3) is 0 Å². The Bertz CT molecular complexity index is 826. The van der Waals surface area contributed by atoms with Crippen LogP contribution in [0, 0.1) is 5.41 Å². The van der Waals surface area contributed by atoms with Crippen molar-refractivity contribution < 1.29 is 23.6 Å². The van der Waals surface area contributed by atoms with Crippen molar-refractivity contribution in [3.05, 3.63) is 18.2 Å². The number of carbonyl (C=O) groups is 1. The van der Waals surface area contributed by atoms with E-state index in [-0.39, 0.29) is 11.5 Å². The number of carbonyl (C=O) groups excluding carboxylic acids is 1. The van der Waals surface area contributed by atoms with Gasteiger partial charge in [-0.1, -0.05) is 26.8 Å². The summed E-state index contributed by atoms with van der Waals surface area (Å²) in [5.74, 6) is 0.661. The smallest absolute Gasteiger partial charge is 0.490 e. The van der Waals surface area contributed by atoms with Crippen LogP contribution in [-0.4, -0.2) is 43.2 Å². The van der Waals surface area contributed by atoms with Gasteiger partial charge >= 0.3 is 13.2 Å². The molecule has 1 atom stereocenters. The van der Waals surface area contributed by atoms with E-state index in [0.717, 1.165) is 18.3 Å². The molecule has 7 heteroatoms. The van der Waals surface area contributed by atoms with Gasteiger partial charge in [-0.25, -0.2) is 4.79 Å². The van der Waals surface area contributed by atoms with Gasteiger partial charge in [-0.2, -0.15) is 0 Å². The Morgan fingerprint density at radius 3 is 2.42 bits per heavy atom. The molecule has 31 heavy (non-hydrogen) atoms. The number of amides is 1. The van der Waals surface area contributed by atoms with Crippen LogP contribution in [0.25, 0.3) is 0 Å². The quantitative estimate of drug-likeness (QED) is 0.636. The second kappa shape index (κ2) is 8.00. The van der Waals surface area contributed by atoms with E-state index in [1.165, 1.54) is 0 Å². The predicted octanol–water partition coefficient (Wildman–Crippen LogP) is 4.93. The number of hydrogen-bond donors (Lipinski definition) is 0. The average Bonchev–Trinajstić information content (AvgIpc) is 2.87. The maximum Gasteiger partial charge on any atom is 0.494 e. The fraction of sp³-hybridized carbons (Fsp3) is 0.708. The minimum atomic E-state index is -0.566. The van der Waals surface area contributed by atoms with Crippen LogP contribution in [0.3, 0.4) is 0 Å². The summed E-state index contributed by atoms with van der Waals surface area (Å²) in [7, 11) is -0.507. The minimum absolute atomic E-state index is 0.220. The Balaban J connectivity index is 1.85. The summed E-state index contributed by atoms with van der Waals surface area (Å²) in [4.78, 5) is 14.4. The van der Waals surface area contributed by atoms with Crippen LogP contribution in [0.2, 0.25) is 0 Å². The summed E-state index contributed by atoms with van der Waals surface area (Å²) in [6, 6.07) is 5.76. The Kier molecular flexibility index (Phi) is 6.18. The lowest BCUT2D eigenvalue weighted by Gasteiger charge is -2.38. The SMILES string of the molecule is CC(C)(C)CCC1(C)OB(c2ccc3c(c2)N(C(=O)OC(C)(C)C)CCO3)OC1(C)C. The van der Waals surface area contributed by atoms with E-state index in [4.69, 9.17) is 18.8 Å². The average molecular weight is 431 g/mol. The summed E-state index contributed by atoms with van der Waals surface area (Å²) in [6.07, 6.45) is 1.56. The molecule has 172 valence electrons. The molecular weight excluding hydrogens is 393 g/mol. The molecule has 1 aromatic carbocycles. The number of fused-ring (bicyclic) bond motifs is 1. The molecular formula is C24H38BNO5. The zero-order valence-electron chi connectivity index (χ0n) is 20.6. The second-order valence-corrected chi connectivity index (χ2v) is 11.6. The predicted molar refractivity (Wildman–Crippen MR) is 124 cm³/mol. The molecule has 0 radical (unpaired) electrons. The first-order valence-electron chi connectivity index (χ1n) is 11.2. The fourth-order valence-corrected chi connectivity index (χ4v) is 3.79. The molecule has 6 nitrogen and oxygen atoms in total. The Hall–Kier alpha value is -1.73. The van der Waals surface area contributed by atoms with E-state index < -0.39 is 23.9 Å². The molecule has 0 bridgehead atoms. The van der Waals surface area contributed by atoms with Gasteiger partial charge in [-0.15, -0.1) is 0 Å². The van der Waals surface area contributed by atoms with Crippen LogP contribution in [0.5, 0.6) is 5.75 Å². The van der Waals surface area contributed by atoms with Crippen LogP contribution < -0.4 is 15.1 Å². The highest BCUT2D eigenvalue weighted by molar-refractivity contribution is 6.62. The molecule has 3 rings (SSSR count). The summed E-state index contributed by atoms with van der Waals surface area (Å²) in [5.41, 5.74) is 0.348. The summed E-state index contributed by atoms with van der Waals surface area (Å²) < 4.78 is 24.3.